The van der Waals surface area contributed by atoms with Gasteiger partial charge in [-0.3, -0.25) is 0 Å². The van der Waals surface area contributed by atoms with Crippen LogP contribution in [0.25, 0.3) is 0 Å². The lowest BCUT2D eigenvalue weighted by Crippen LogP contribution is -2.41. The molecular weight excluding hydrogens is 208 g/mol. The highest BCUT2D eigenvalue weighted by molar-refractivity contribution is 4.84. The largest absolute Gasteiger partial charge is 0.317 e. The topological polar surface area (TPSA) is 15.3 Å². The van der Waals surface area contributed by atoms with E-state index < -0.39 is 0 Å². The van der Waals surface area contributed by atoms with Crippen molar-refractivity contribution < 1.29 is 0 Å². The molecule has 0 bridgehead atoms. The van der Waals surface area contributed by atoms with E-state index in [2.05, 4.69) is 31.1 Å². The number of hydrogen-bond acceptors (Lipinski definition) is 2. The average molecular weight is 238 g/mol. The van der Waals surface area contributed by atoms with E-state index >= 15 is 0 Å². The number of likely N-dealkylation sites (tertiary alicyclic amines) is 1. The summed E-state index contributed by atoms with van der Waals surface area (Å²) in [5, 5.41) is 3.50. The lowest BCUT2D eigenvalue weighted by molar-refractivity contribution is 0.110. The van der Waals surface area contributed by atoms with Crippen LogP contribution in [0.15, 0.2) is 0 Å². The van der Waals surface area contributed by atoms with Gasteiger partial charge in [0.25, 0.3) is 0 Å². The van der Waals surface area contributed by atoms with Gasteiger partial charge in [0.15, 0.2) is 0 Å². The zero-order chi connectivity index (χ0) is 12.3. The van der Waals surface area contributed by atoms with Crippen molar-refractivity contribution in [2.24, 2.45) is 11.3 Å². The number of rotatable bonds is 4. The molecule has 2 heteroatoms. The van der Waals surface area contributed by atoms with Gasteiger partial charge in [0.2, 0.25) is 0 Å². The number of nitrogens with zero attached hydrogens (tertiary/aromatic N) is 1. The molecule has 2 unspecified atom stereocenters. The van der Waals surface area contributed by atoms with Gasteiger partial charge in [-0.25, -0.2) is 0 Å². The average Bonchev–Trinajstić information content (AvgIpc) is 2.72. The van der Waals surface area contributed by atoms with Crippen molar-refractivity contribution in [3.05, 3.63) is 0 Å². The Kier molecular flexibility index (Phi) is 4.48. The van der Waals surface area contributed by atoms with Gasteiger partial charge in [-0.05, 0) is 63.6 Å². The zero-order valence-electron chi connectivity index (χ0n) is 12.0. The molecule has 2 rings (SSSR count). The van der Waals surface area contributed by atoms with Crippen LogP contribution in [0.3, 0.4) is 0 Å². The van der Waals surface area contributed by atoms with Gasteiger partial charge in [0.05, 0.1) is 0 Å². The maximum Gasteiger partial charge on any atom is 0.00928 e. The summed E-state index contributed by atoms with van der Waals surface area (Å²) in [6.45, 7) is 8.81. The third kappa shape index (κ3) is 3.69. The fraction of sp³-hybridized carbons (Fsp3) is 1.00. The molecule has 2 aliphatic rings. The zero-order valence-corrected chi connectivity index (χ0v) is 12.0. The molecule has 0 aromatic carbocycles. The van der Waals surface area contributed by atoms with Crippen molar-refractivity contribution >= 4 is 0 Å². The van der Waals surface area contributed by atoms with Crippen molar-refractivity contribution in [1.82, 2.24) is 10.2 Å². The van der Waals surface area contributed by atoms with Gasteiger partial charge < -0.3 is 10.2 Å². The number of piperidine rings is 1. The predicted octanol–water partition coefficient (Wildman–Crippen LogP) is 2.89. The van der Waals surface area contributed by atoms with E-state index in [0.717, 1.165) is 12.0 Å². The Morgan fingerprint density at radius 1 is 1.24 bits per heavy atom. The third-order valence-electron chi connectivity index (χ3n) is 4.83. The fourth-order valence-electron chi connectivity index (χ4n) is 3.85. The van der Waals surface area contributed by atoms with Crippen molar-refractivity contribution in [1.29, 1.82) is 0 Å². The minimum Gasteiger partial charge on any atom is -0.317 e. The van der Waals surface area contributed by atoms with Crippen molar-refractivity contribution in [2.75, 3.05) is 26.7 Å². The van der Waals surface area contributed by atoms with Crippen LogP contribution in [0.4, 0.5) is 0 Å². The van der Waals surface area contributed by atoms with Gasteiger partial charge in [0, 0.05) is 12.6 Å². The maximum atomic E-state index is 3.50. The van der Waals surface area contributed by atoms with Crippen LogP contribution < -0.4 is 5.32 Å². The Hall–Kier alpha value is -0.0800. The van der Waals surface area contributed by atoms with Gasteiger partial charge in [-0.2, -0.15) is 0 Å². The molecule has 0 spiro atoms. The summed E-state index contributed by atoms with van der Waals surface area (Å²) in [7, 11) is 2.13. The Balaban J connectivity index is 1.74. The van der Waals surface area contributed by atoms with Crippen molar-refractivity contribution in [3.8, 4) is 0 Å². The molecule has 1 saturated carbocycles. The second-order valence-corrected chi connectivity index (χ2v) is 6.92. The van der Waals surface area contributed by atoms with E-state index in [9.17, 15) is 0 Å². The SMILES string of the molecule is CNC1CCCC1CCN1CCCC(C)(C)C1. The van der Waals surface area contributed by atoms with E-state index in [1.54, 1.807) is 0 Å². The highest BCUT2D eigenvalue weighted by Crippen LogP contribution is 2.31. The van der Waals surface area contributed by atoms with E-state index in [1.165, 1.54) is 58.2 Å². The minimum absolute atomic E-state index is 0.552. The maximum absolute atomic E-state index is 3.50. The van der Waals surface area contributed by atoms with Gasteiger partial charge >= 0.3 is 0 Å². The van der Waals surface area contributed by atoms with Crippen molar-refractivity contribution in [2.45, 2.75) is 58.4 Å². The summed E-state index contributed by atoms with van der Waals surface area (Å²) in [6, 6.07) is 0.799. The van der Waals surface area contributed by atoms with E-state index in [1.807, 2.05) is 0 Å². The molecule has 2 fully saturated rings. The molecular formula is C15H30N2. The van der Waals surface area contributed by atoms with Crippen molar-refractivity contribution in [3.63, 3.8) is 0 Å². The Labute approximate surface area is 107 Å². The minimum atomic E-state index is 0.552. The molecule has 1 heterocycles. The summed E-state index contributed by atoms with van der Waals surface area (Å²) in [6.07, 6.45) is 8.48. The van der Waals surface area contributed by atoms with Crippen LogP contribution in [-0.4, -0.2) is 37.6 Å². The fourth-order valence-corrected chi connectivity index (χ4v) is 3.85. The Morgan fingerprint density at radius 3 is 2.76 bits per heavy atom. The van der Waals surface area contributed by atoms with Crippen LogP contribution in [0.1, 0.15) is 52.4 Å². The predicted molar refractivity (Wildman–Crippen MR) is 74.3 cm³/mol. The van der Waals surface area contributed by atoms with Crippen LogP contribution in [-0.2, 0) is 0 Å². The first kappa shape index (κ1) is 13.4. The molecule has 0 aromatic heterocycles. The van der Waals surface area contributed by atoms with Crippen LogP contribution >= 0.6 is 0 Å². The first-order chi connectivity index (χ1) is 8.11. The molecule has 1 saturated heterocycles. The third-order valence-corrected chi connectivity index (χ3v) is 4.83. The summed E-state index contributed by atoms with van der Waals surface area (Å²) >= 11 is 0. The lowest BCUT2D eigenvalue weighted by atomic mass is 9.84. The van der Waals surface area contributed by atoms with Gasteiger partial charge in [0.1, 0.15) is 0 Å². The van der Waals surface area contributed by atoms with E-state index in [0.29, 0.717) is 5.41 Å². The van der Waals surface area contributed by atoms with Gasteiger partial charge in [-0.15, -0.1) is 0 Å². The molecule has 1 aliphatic carbocycles. The highest BCUT2D eigenvalue weighted by atomic mass is 15.1. The summed E-state index contributed by atoms with van der Waals surface area (Å²) in [5.74, 6) is 0.935. The van der Waals surface area contributed by atoms with E-state index in [4.69, 9.17) is 0 Å². The van der Waals surface area contributed by atoms with Crippen LogP contribution in [0.5, 0.6) is 0 Å². The molecule has 100 valence electrons. The molecule has 0 aromatic rings. The normalized spacial score (nSPS) is 34.1. The smallest absolute Gasteiger partial charge is 0.00928 e. The van der Waals surface area contributed by atoms with Gasteiger partial charge in [-0.1, -0.05) is 20.3 Å². The second-order valence-electron chi connectivity index (χ2n) is 6.92. The lowest BCUT2D eigenvalue weighted by Gasteiger charge is -2.38. The Bertz CT molecular complexity index is 237. The van der Waals surface area contributed by atoms with Crippen LogP contribution in [0.2, 0.25) is 0 Å². The number of nitrogens with one attached hydrogen (secondary N) is 1. The second kappa shape index (κ2) is 5.71. The molecule has 17 heavy (non-hydrogen) atoms. The quantitative estimate of drug-likeness (QED) is 0.810. The Morgan fingerprint density at radius 2 is 2.06 bits per heavy atom. The summed E-state index contributed by atoms with van der Waals surface area (Å²) < 4.78 is 0. The van der Waals surface area contributed by atoms with Crippen LogP contribution in [0, 0.1) is 11.3 Å². The van der Waals surface area contributed by atoms with E-state index in [-0.39, 0.29) is 0 Å². The molecule has 0 amide bonds. The first-order valence-corrected chi connectivity index (χ1v) is 7.50. The monoisotopic (exact) mass is 238 g/mol. The summed E-state index contributed by atoms with van der Waals surface area (Å²) in [4.78, 5) is 2.70. The molecule has 1 N–H and O–H groups in total. The summed E-state index contributed by atoms with van der Waals surface area (Å²) in [5.41, 5.74) is 0.552. The highest BCUT2D eigenvalue weighted by Gasteiger charge is 2.29. The standard InChI is InChI=1S/C15H30N2/c1-15(2)9-5-10-17(12-15)11-8-13-6-4-7-14(13)16-3/h13-14,16H,4-12H2,1-3H3. The molecule has 2 nitrogen and oxygen atoms in total. The molecule has 1 aliphatic heterocycles. The molecule has 2 atom stereocenters. The number of hydrogen-bond donors (Lipinski definition) is 1. The molecule has 0 radical (unpaired) electrons. The first-order valence-electron chi connectivity index (χ1n) is 7.50.